The van der Waals surface area contributed by atoms with Crippen LogP contribution in [0.15, 0.2) is 0 Å². The van der Waals surface area contributed by atoms with E-state index in [1.807, 2.05) is 0 Å². The first-order chi connectivity index (χ1) is 5.95. The molecule has 0 radical (unpaired) electrons. The third-order valence-corrected chi connectivity index (χ3v) is 2.47. The van der Waals surface area contributed by atoms with Crippen LogP contribution in [0.3, 0.4) is 0 Å². The molecule has 13 heavy (non-hydrogen) atoms. The average molecular weight is 187 g/mol. The van der Waals surface area contributed by atoms with E-state index < -0.39 is 0 Å². The summed E-state index contributed by atoms with van der Waals surface area (Å²) < 4.78 is 0. The van der Waals surface area contributed by atoms with Crippen LogP contribution in [0.25, 0.3) is 0 Å². The zero-order chi connectivity index (χ0) is 10.4. The highest BCUT2D eigenvalue weighted by Crippen LogP contribution is 1.98. The van der Waals surface area contributed by atoms with Gasteiger partial charge in [-0.25, -0.2) is 0 Å². The van der Waals surface area contributed by atoms with Crippen LogP contribution in [0.1, 0.15) is 27.7 Å². The Balaban J connectivity index is 3.45. The van der Waals surface area contributed by atoms with Crippen LogP contribution in [0.5, 0.6) is 0 Å². The number of nitrogens with one attached hydrogen (secondary N) is 1. The third-order valence-electron chi connectivity index (χ3n) is 2.47. The summed E-state index contributed by atoms with van der Waals surface area (Å²) >= 11 is 0. The summed E-state index contributed by atoms with van der Waals surface area (Å²) in [6, 6.07) is 0.471. The lowest BCUT2D eigenvalue weighted by Gasteiger charge is -2.20. The predicted molar refractivity (Wildman–Crippen MR) is 58.5 cm³/mol. The van der Waals surface area contributed by atoms with Gasteiger partial charge in [0.15, 0.2) is 0 Å². The smallest absolute Gasteiger partial charge is 0.0188 e. The maximum absolute atomic E-state index is 5.88. The number of rotatable bonds is 6. The molecule has 0 saturated heterocycles. The van der Waals surface area contributed by atoms with Crippen LogP contribution in [0.4, 0.5) is 0 Å². The van der Waals surface area contributed by atoms with Crippen molar-refractivity contribution in [1.29, 1.82) is 0 Å². The summed E-state index contributed by atoms with van der Waals surface area (Å²) in [5.41, 5.74) is 11.8. The van der Waals surface area contributed by atoms with Crippen molar-refractivity contribution >= 4 is 0 Å². The fraction of sp³-hybridized carbons (Fsp3) is 1.00. The predicted octanol–water partition coefficient (Wildman–Crippen LogP) is 0.543. The highest BCUT2D eigenvalue weighted by atomic mass is 14.9. The van der Waals surface area contributed by atoms with Gasteiger partial charge in [-0.15, -0.1) is 0 Å². The quantitative estimate of drug-likeness (QED) is 0.569. The molecule has 0 heterocycles. The second kappa shape index (κ2) is 6.35. The molecule has 0 spiro atoms. The molecule has 0 saturated carbocycles. The van der Waals surface area contributed by atoms with E-state index in [0.717, 1.165) is 13.1 Å². The Morgan fingerprint density at radius 1 is 0.846 bits per heavy atom. The van der Waals surface area contributed by atoms with Gasteiger partial charge >= 0.3 is 0 Å². The average Bonchev–Trinajstić information content (AvgIpc) is 2.03. The first-order valence-corrected chi connectivity index (χ1v) is 5.17. The lowest BCUT2D eigenvalue weighted by molar-refractivity contribution is 0.416. The Morgan fingerprint density at radius 2 is 1.15 bits per heavy atom. The summed E-state index contributed by atoms with van der Waals surface area (Å²) in [6.07, 6.45) is 0. The van der Waals surface area contributed by atoms with Crippen LogP contribution in [-0.4, -0.2) is 25.2 Å². The highest BCUT2D eigenvalue weighted by Gasteiger charge is 2.09. The van der Waals surface area contributed by atoms with E-state index in [2.05, 4.69) is 33.0 Å². The molecular formula is C10H25N3. The van der Waals surface area contributed by atoms with Crippen LogP contribution < -0.4 is 16.8 Å². The summed E-state index contributed by atoms with van der Waals surface area (Å²) in [4.78, 5) is 0. The lowest BCUT2D eigenvalue weighted by atomic mass is 10.0. The minimum atomic E-state index is 0.236. The monoisotopic (exact) mass is 187 g/mol. The van der Waals surface area contributed by atoms with Gasteiger partial charge in [-0.1, -0.05) is 27.7 Å². The van der Waals surface area contributed by atoms with Crippen LogP contribution in [-0.2, 0) is 0 Å². The van der Waals surface area contributed by atoms with Crippen molar-refractivity contribution in [1.82, 2.24) is 5.32 Å². The van der Waals surface area contributed by atoms with E-state index in [4.69, 9.17) is 11.5 Å². The molecule has 0 aromatic heterocycles. The van der Waals surface area contributed by atoms with Crippen molar-refractivity contribution in [3.8, 4) is 0 Å². The molecule has 0 aliphatic heterocycles. The van der Waals surface area contributed by atoms with Gasteiger partial charge in [-0.3, -0.25) is 0 Å². The Bertz CT molecular complexity index is 109. The first-order valence-electron chi connectivity index (χ1n) is 5.17. The molecule has 0 aliphatic carbocycles. The Morgan fingerprint density at radius 3 is 1.38 bits per heavy atom. The van der Waals surface area contributed by atoms with Gasteiger partial charge in [0.05, 0.1) is 0 Å². The second-order valence-electron chi connectivity index (χ2n) is 4.47. The summed E-state index contributed by atoms with van der Waals surface area (Å²) in [5.74, 6) is 1.06. The normalized spacial score (nSPS) is 16.6. The Labute approximate surface area is 82.3 Å². The summed E-state index contributed by atoms with van der Waals surface area (Å²) in [6.45, 7) is 10.3. The molecule has 0 rings (SSSR count). The van der Waals surface area contributed by atoms with Crippen LogP contribution in [0, 0.1) is 11.8 Å². The van der Waals surface area contributed by atoms with Gasteiger partial charge in [0.2, 0.25) is 0 Å². The zero-order valence-corrected chi connectivity index (χ0v) is 9.38. The van der Waals surface area contributed by atoms with E-state index >= 15 is 0 Å². The standard InChI is InChI=1S/C10H25N3/c1-7(2)9(11)5-13-6-10(12)8(3)4/h7-10,13H,5-6,11-12H2,1-4H3/t9-,10-/m0/s1. The van der Waals surface area contributed by atoms with Crippen molar-refractivity contribution in [3.63, 3.8) is 0 Å². The third kappa shape index (κ3) is 6.02. The maximum Gasteiger partial charge on any atom is 0.0188 e. The van der Waals surface area contributed by atoms with Crippen molar-refractivity contribution in [2.45, 2.75) is 39.8 Å². The SMILES string of the molecule is CC(C)[C@@H](N)CNC[C@H](N)C(C)C. The molecule has 0 aromatic carbocycles. The Kier molecular flexibility index (Phi) is 6.29. The molecule has 0 unspecified atom stereocenters. The molecule has 0 fully saturated rings. The van der Waals surface area contributed by atoms with Gasteiger partial charge in [-0.05, 0) is 11.8 Å². The summed E-state index contributed by atoms with van der Waals surface area (Å²) in [5, 5.41) is 3.30. The van der Waals surface area contributed by atoms with Crippen molar-refractivity contribution in [2.24, 2.45) is 23.3 Å². The molecule has 3 heteroatoms. The topological polar surface area (TPSA) is 64.1 Å². The van der Waals surface area contributed by atoms with Gasteiger partial charge in [0, 0.05) is 25.2 Å². The van der Waals surface area contributed by atoms with Crippen molar-refractivity contribution in [2.75, 3.05) is 13.1 Å². The minimum absolute atomic E-state index is 0.236. The minimum Gasteiger partial charge on any atom is -0.326 e. The molecule has 0 amide bonds. The fourth-order valence-corrected chi connectivity index (χ4v) is 0.888. The zero-order valence-electron chi connectivity index (χ0n) is 9.38. The van der Waals surface area contributed by atoms with Gasteiger partial charge in [0.1, 0.15) is 0 Å². The molecule has 5 N–H and O–H groups in total. The van der Waals surface area contributed by atoms with Crippen LogP contribution in [0.2, 0.25) is 0 Å². The van der Waals surface area contributed by atoms with Gasteiger partial charge in [0.25, 0.3) is 0 Å². The van der Waals surface area contributed by atoms with E-state index in [1.54, 1.807) is 0 Å². The van der Waals surface area contributed by atoms with E-state index in [9.17, 15) is 0 Å². The molecule has 3 nitrogen and oxygen atoms in total. The molecular weight excluding hydrogens is 162 g/mol. The van der Waals surface area contributed by atoms with Crippen LogP contribution >= 0.6 is 0 Å². The van der Waals surface area contributed by atoms with Crippen molar-refractivity contribution < 1.29 is 0 Å². The molecule has 0 bridgehead atoms. The molecule has 0 aromatic rings. The fourth-order valence-electron chi connectivity index (χ4n) is 0.888. The largest absolute Gasteiger partial charge is 0.326 e. The number of nitrogens with two attached hydrogens (primary N) is 2. The van der Waals surface area contributed by atoms with E-state index in [0.29, 0.717) is 11.8 Å². The molecule has 2 atom stereocenters. The van der Waals surface area contributed by atoms with Gasteiger partial charge < -0.3 is 16.8 Å². The summed E-state index contributed by atoms with van der Waals surface area (Å²) in [7, 11) is 0. The second-order valence-corrected chi connectivity index (χ2v) is 4.47. The van der Waals surface area contributed by atoms with Crippen molar-refractivity contribution in [3.05, 3.63) is 0 Å². The van der Waals surface area contributed by atoms with E-state index in [-0.39, 0.29) is 12.1 Å². The maximum atomic E-state index is 5.88. The van der Waals surface area contributed by atoms with Gasteiger partial charge in [-0.2, -0.15) is 0 Å². The first kappa shape index (κ1) is 12.9. The molecule has 80 valence electrons. The van der Waals surface area contributed by atoms with E-state index in [1.165, 1.54) is 0 Å². The highest BCUT2D eigenvalue weighted by molar-refractivity contribution is 4.72. The number of hydrogen-bond acceptors (Lipinski definition) is 3. The Hall–Kier alpha value is -0.120. The lowest BCUT2D eigenvalue weighted by Crippen LogP contribution is -2.44. The number of hydrogen-bond donors (Lipinski definition) is 3. The molecule has 0 aliphatic rings.